The van der Waals surface area contributed by atoms with Crippen molar-refractivity contribution in [2.24, 2.45) is 7.05 Å². The predicted molar refractivity (Wildman–Crippen MR) is 83.9 cm³/mol. The van der Waals surface area contributed by atoms with Gasteiger partial charge in [0.05, 0.1) is 11.3 Å². The number of aromatic nitrogens is 2. The zero-order valence-corrected chi connectivity index (χ0v) is 13.2. The van der Waals surface area contributed by atoms with E-state index >= 15 is 0 Å². The summed E-state index contributed by atoms with van der Waals surface area (Å²) in [6.07, 6.45) is 1.95. The van der Waals surface area contributed by atoms with Crippen LogP contribution in [0.25, 0.3) is 0 Å². The van der Waals surface area contributed by atoms with Crippen LogP contribution in [-0.2, 0) is 11.8 Å². The van der Waals surface area contributed by atoms with Gasteiger partial charge in [-0.05, 0) is 38.3 Å². The van der Waals surface area contributed by atoms with Crippen LogP contribution in [0, 0.1) is 13.8 Å². The maximum atomic E-state index is 12.3. The molecule has 0 bridgehead atoms. The van der Waals surface area contributed by atoms with Gasteiger partial charge < -0.3 is 5.32 Å². The summed E-state index contributed by atoms with van der Waals surface area (Å²) in [5.41, 5.74) is 2.23. The summed E-state index contributed by atoms with van der Waals surface area (Å²) in [6, 6.07) is 7.37. The summed E-state index contributed by atoms with van der Waals surface area (Å²) >= 11 is 1.57. The second-order valence-corrected chi connectivity index (χ2v) is 5.56. The second kappa shape index (κ2) is 6.13. The van der Waals surface area contributed by atoms with Crippen LogP contribution in [0.4, 0.5) is 5.69 Å². The largest absolute Gasteiger partial charge is 0.319 e. The van der Waals surface area contributed by atoms with Gasteiger partial charge in [0.15, 0.2) is 0 Å². The van der Waals surface area contributed by atoms with E-state index in [1.54, 1.807) is 43.4 Å². The van der Waals surface area contributed by atoms with E-state index in [2.05, 4.69) is 10.4 Å². The molecule has 2 rings (SSSR count). The minimum atomic E-state index is -0.646. The van der Waals surface area contributed by atoms with Crippen LogP contribution < -0.4 is 5.32 Å². The number of aryl methyl sites for hydroxylation is 2. The molecule has 1 amide bonds. The van der Waals surface area contributed by atoms with Crippen LogP contribution in [-0.4, -0.2) is 27.7 Å². The molecule has 0 unspecified atom stereocenters. The molecular formula is C15H17N3O2S. The van der Waals surface area contributed by atoms with Crippen LogP contribution in [0.15, 0.2) is 29.2 Å². The average molecular weight is 303 g/mol. The lowest BCUT2D eigenvalue weighted by molar-refractivity contribution is -0.112. The van der Waals surface area contributed by atoms with Crippen LogP contribution in [0.5, 0.6) is 0 Å². The van der Waals surface area contributed by atoms with Crippen LogP contribution in [0.1, 0.15) is 21.7 Å². The fourth-order valence-corrected chi connectivity index (χ4v) is 2.56. The monoisotopic (exact) mass is 303 g/mol. The van der Waals surface area contributed by atoms with E-state index in [4.69, 9.17) is 0 Å². The van der Waals surface area contributed by atoms with Crippen molar-refractivity contribution in [2.75, 3.05) is 11.6 Å². The first-order valence-corrected chi connectivity index (χ1v) is 7.66. The SMILES string of the molecule is CSc1cccc(NC(=O)C(=O)c2c(C)nn(C)c2C)c1. The summed E-state index contributed by atoms with van der Waals surface area (Å²) in [5, 5.41) is 6.80. The molecule has 1 heterocycles. The van der Waals surface area contributed by atoms with Crippen molar-refractivity contribution in [1.29, 1.82) is 0 Å². The summed E-state index contributed by atoms with van der Waals surface area (Å²) in [5.74, 6) is -1.21. The highest BCUT2D eigenvalue weighted by Crippen LogP contribution is 2.19. The highest BCUT2D eigenvalue weighted by atomic mass is 32.2. The molecule has 0 aliphatic carbocycles. The summed E-state index contributed by atoms with van der Waals surface area (Å²) in [6.45, 7) is 3.50. The maximum Gasteiger partial charge on any atom is 0.296 e. The molecule has 0 aliphatic heterocycles. The molecule has 6 heteroatoms. The van der Waals surface area contributed by atoms with Crippen molar-refractivity contribution in [3.8, 4) is 0 Å². The number of Topliss-reactive ketones (excluding diaryl/α,β-unsaturated/α-hetero) is 1. The van der Waals surface area contributed by atoms with Crippen molar-refractivity contribution >= 4 is 29.1 Å². The summed E-state index contributed by atoms with van der Waals surface area (Å²) in [4.78, 5) is 25.4. The molecule has 0 fully saturated rings. The van der Waals surface area contributed by atoms with Gasteiger partial charge in [0.1, 0.15) is 0 Å². The number of thioether (sulfide) groups is 1. The van der Waals surface area contributed by atoms with Crippen LogP contribution in [0.2, 0.25) is 0 Å². The molecule has 0 aliphatic rings. The van der Waals surface area contributed by atoms with Crippen molar-refractivity contribution in [3.63, 3.8) is 0 Å². The number of hydrogen-bond acceptors (Lipinski definition) is 4. The molecule has 0 atom stereocenters. The zero-order chi connectivity index (χ0) is 15.6. The Kier molecular flexibility index (Phi) is 4.47. The second-order valence-electron chi connectivity index (χ2n) is 4.68. The Hall–Kier alpha value is -2.08. The van der Waals surface area contributed by atoms with E-state index in [-0.39, 0.29) is 0 Å². The van der Waals surface area contributed by atoms with Crippen molar-refractivity contribution in [1.82, 2.24) is 9.78 Å². The Morgan fingerprint density at radius 1 is 1.29 bits per heavy atom. The first-order chi connectivity index (χ1) is 9.93. The quantitative estimate of drug-likeness (QED) is 0.536. The third kappa shape index (κ3) is 3.16. The number of nitrogens with zero attached hydrogens (tertiary/aromatic N) is 2. The Bertz CT molecular complexity index is 707. The molecule has 110 valence electrons. The molecular weight excluding hydrogens is 286 g/mol. The molecule has 1 N–H and O–H groups in total. The van der Waals surface area contributed by atoms with Gasteiger partial charge >= 0.3 is 0 Å². The number of ketones is 1. The first-order valence-electron chi connectivity index (χ1n) is 6.44. The van der Waals surface area contributed by atoms with Gasteiger partial charge in [-0.1, -0.05) is 6.07 Å². The fraction of sp³-hybridized carbons (Fsp3) is 0.267. The van der Waals surface area contributed by atoms with E-state index in [1.807, 2.05) is 24.5 Å². The van der Waals surface area contributed by atoms with Crippen molar-refractivity contribution in [3.05, 3.63) is 41.2 Å². The Morgan fingerprint density at radius 3 is 2.57 bits per heavy atom. The van der Waals surface area contributed by atoms with Gasteiger partial charge in [-0.15, -0.1) is 11.8 Å². The number of carbonyl (C=O) groups excluding carboxylic acids is 2. The lowest BCUT2D eigenvalue weighted by atomic mass is 10.1. The third-order valence-corrected chi connectivity index (χ3v) is 4.00. The molecule has 0 spiro atoms. The maximum absolute atomic E-state index is 12.3. The normalized spacial score (nSPS) is 10.5. The third-order valence-electron chi connectivity index (χ3n) is 3.27. The van der Waals surface area contributed by atoms with Gasteiger partial charge in [-0.2, -0.15) is 5.10 Å². The highest BCUT2D eigenvalue weighted by molar-refractivity contribution is 7.98. The number of amides is 1. The van der Waals surface area contributed by atoms with Gasteiger partial charge in [0.2, 0.25) is 0 Å². The minimum absolute atomic E-state index is 0.371. The number of carbonyl (C=O) groups is 2. The number of nitrogens with one attached hydrogen (secondary N) is 1. The van der Waals surface area contributed by atoms with Gasteiger partial charge in [0.25, 0.3) is 11.7 Å². The van der Waals surface area contributed by atoms with E-state index < -0.39 is 11.7 Å². The lowest BCUT2D eigenvalue weighted by Gasteiger charge is -2.06. The molecule has 1 aromatic carbocycles. The Balaban J connectivity index is 2.21. The predicted octanol–water partition coefficient (Wildman–Crippen LogP) is 2.58. The van der Waals surface area contributed by atoms with E-state index in [1.165, 1.54) is 0 Å². The first kappa shape index (κ1) is 15.3. The Morgan fingerprint density at radius 2 is 2.00 bits per heavy atom. The topological polar surface area (TPSA) is 64.0 Å². The average Bonchev–Trinajstić information content (AvgIpc) is 2.71. The molecule has 5 nitrogen and oxygen atoms in total. The van der Waals surface area contributed by atoms with Gasteiger partial charge in [-0.25, -0.2) is 0 Å². The van der Waals surface area contributed by atoms with E-state index in [9.17, 15) is 9.59 Å². The molecule has 0 saturated carbocycles. The van der Waals surface area contributed by atoms with Gasteiger partial charge in [0, 0.05) is 23.3 Å². The smallest absolute Gasteiger partial charge is 0.296 e. The van der Waals surface area contributed by atoms with Crippen molar-refractivity contribution < 1.29 is 9.59 Å². The summed E-state index contributed by atoms with van der Waals surface area (Å²) < 4.78 is 1.60. The minimum Gasteiger partial charge on any atom is -0.319 e. The standard InChI is InChI=1S/C15H17N3O2S/c1-9-13(10(2)18(3)17-9)14(19)15(20)16-11-6-5-7-12(8-11)21-4/h5-8H,1-4H3,(H,16,20). The molecule has 21 heavy (non-hydrogen) atoms. The van der Waals surface area contributed by atoms with Crippen LogP contribution >= 0.6 is 11.8 Å². The lowest BCUT2D eigenvalue weighted by Crippen LogP contribution is -2.24. The number of benzene rings is 1. The van der Waals surface area contributed by atoms with E-state index in [0.717, 1.165) is 4.90 Å². The molecule has 2 aromatic rings. The molecule has 1 aromatic heterocycles. The fourth-order valence-electron chi connectivity index (χ4n) is 2.10. The Labute approximate surface area is 127 Å². The zero-order valence-electron chi connectivity index (χ0n) is 12.4. The number of anilines is 1. The van der Waals surface area contributed by atoms with E-state index in [0.29, 0.717) is 22.6 Å². The van der Waals surface area contributed by atoms with Crippen LogP contribution in [0.3, 0.4) is 0 Å². The number of rotatable bonds is 4. The molecule has 0 saturated heterocycles. The number of hydrogen-bond donors (Lipinski definition) is 1. The molecule has 0 radical (unpaired) electrons. The van der Waals surface area contributed by atoms with Crippen molar-refractivity contribution in [2.45, 2.75) is 18.7 Å². The summed E-state index contributed by atoms with van der Waals surface area (Å²) in [7, 11) is 1.75. The highest BCUT2D eigenvalue weighted by Gasteiger charge is 2.23. The van der Waals surface area contributed by atoms with Gasteiger partial charge in [-0.3, -0.25) is 14.3 Å².